The zero-order valence-corrected chi connectivity index (χ0v) is 17.4. The minimum Gasteiger partial charge on any atom is -0.481 e. The summed E-state index contributed by atoms with van der Waals surface area (Å²) < 4.78 is 0. The molecular formula is C13H23NNa2O5. The van der Waals surface area contributed by atoms with Crippen LogP contribution in [-0.2, 0) is 14.4 Å². The molecule has 0 bridgehead atoms. The number of carbonyl (C=O) groups excluding carboxylic acids is 1. The van der Waals surface area contributed by atoms with E-state index in [0.29, 0.717) is 6.42 Å². The topological polar surface area (TPSA) is 104 Å². The molecule has 0 aliphatic rings. The van der Waals surface area contributed by atoms with Crippen molar-refractivity contribution in [3.63, 3.8) is 0 Å². The van der Waals surface area contributed by atoms with Crippen molar-refractivity contribution in [1.82, 2.24) is 5.32 Å². The van der Waals surface area contributed by atoms with Crippen molar-refractivity contribution in [3.05, 3.63) is 0 Å². The summed E-state index contributed by atoms with van der Waals surface area (Å²) in [5.74, 6) is -2.59. The molecule has 6 nitrogen and oxygen atoms in total. The van der Waals surface area contributed by atoms with Crippen LogP contribution in [0.5, 0.6) is 0 Å². The van der Waals surface area contributed by atoms with Crippen molar-refractivity contribution in [2.24, 2.45) is 0 Å². The summed E-state index contributed by atoms with van der Waals surface area (Å²) >= 11 is 0. The second-order valence-corrected chi connectivity index (χ2v) is 4.55. The van der Waals surface area contributed by atoms with Gasteiger partial charge in [0.1, 0.15) is 6.04 Å². The van der Waals surface area contributed by atoms with Crippen molar-refractivity contribution in [1.29, 1.82) is 0 Å². The zero-order valence-electron chi connectivity index (χ0n) is 13.4. The predicted octanol–water partition coefficient (Wildman–Crippen LogP) is 1.02. The van der Waals surface area contributed by atoms with E-state index in [0.717, 1.165) is 32.1 Å². The Labute approximate surface area is 170 Å². The molecule has 112 valence electrons. The zero-order chi connectivity index (χ0) is 14.7. The number of carboxylic acids is 2. The molecule has 0 fully saturated rings. The number of nitrogens with one attached hydrogen (secondary N) is 1. The monoisotopic (exact) mass is 319 g/mol. The van der Waals surface area contributed by atoms with Crippen LogP contribution >= 0.6 is 0 Å². The summed E-state index contributed by atoms with van der Waals surface area (Å²) in [6.45, 7) is 2.10. The fraction of sp³-hybridized carbons (Fsp3) is 0.769. The molecule has 0 saturated carbocycles. The van der Waals surface area contributed by atoms with Crippen LogP contribution < -0.4 is 5.32 Å². The molecular weight excluding hydrogens is 296 g/mol. The molecule has 0 aromatic carbocycles. The Bertz CT molecular complexity index is 313. The van der Waals surface area contributed by atoms with Crippen LogP contribution in [0.15, 0.2) is 0 Å². The van der Waals surface area contributed by atoms with Crippen molar-refractivity contribution in [2.75, 3.05) is 0 Å². The first kappa shape index (κ1) is 26.3. The second kappa shape index (κ2) is 16.8. The van der Waals surface area contributed by atoms with Crippen LogP contribution in [0.1, 0.15) is 58.3 Å². The van der Waals surface area contributed by atoms with Gasteiger partial charge >= 0.3 is 11.9 Å². The Morgan fingerprint density at radius 2 is 1.52 bits per heavy atom. The number of amides is 1. The van der Waals surface area contributed by atoms with Crippen molar-refractivity contribution < 1.29 is 24.6 Å². The molecule has 0 aliphatic heterocycles. The van der Waals surface area contributed by atoms with E-state index in [1.807, 2.05) is 0 Å². The average molecular weight is 319 g/mol. The maximum atomic E-state index is 11.5. The minimum absolute atomic E-state index is 0. The number of aliphatic carboxylic acids is 2. The summed E-state index contributed by atoms with van der Waals surface area (Å²) in [7, 11) is 0. The van der Waals surface area contributed by atoms with Crippen LogP contribution in [0, 0.1) is 0 Å². The van der Waals surface area contributed by atoms with Crippen LogP contribution in [0.25, 0.3) is 0 Å². The Morgan fingerprint density at radius 1 is 0.952 bits per heavy atom. The Hall–Kier alpha value is 0.410. The van der Waals surface area contributed by atoms with E-state index in [1.165, 1.54) is 0 Å². The quantitative estimate of drug-likeness (QED) is 0.390. The molecule has 0 saturated heterocycles. The van der Waals surface area contributed by atoms with Crippen molar-refractivity contribution >= 4 is 77.0 Å². The smallest absolute Gasteiger partial charge is 0.326 e. The second-order valence-electron chi connectivity index (χ2n) is 4.55. The molecule has 0 aromatic heterocycles. The van der Waals surface area contributed by atoms with E-state index < -0.39 is 18.0 Å². The average Bonchev–Trinajstić information content (AvgIpc) is 2.33. The van der Waals surface area contributed by atoms with Gasteiger partial charge in [0.05, 0.1) is 0 Å². The number of hydrogen-bond donors (Lipinski definition) is 3. The van der Waals surface area contributed by atoms with Gasteiger partial charge in [0.2, 0.25) is 5.91 Å². The molecule has 1 atom stereocenters. The first-order valence-electron chi connectivity index (χ1n) is 6.71. The van der Waals surface area contributed by atoms with E-state index in [-0.39, 0.29) is 77.9 Å². The number of unbranched alkanes of at least 4 members (excludes halogenated alkanes) is 4. The van der Waals surface area contributed by atoms with E-state index in [4.69, 9.17) is 10.2 Å². The van der Waals surface area contributed by atoms with Gasteiger partial charge in [-0.2, -0.15) is 0 Å². The van der Waals surface area contributed by atoms with Gasteiger partial charge in [-0.3, -0.25) is 9.59 Å². The standard InChI is InChI=1S/C13H23NO5.2Na/c1-2-3-4-5-6-7-11(15)14-10(13(18)19)8-9-12(16)17;;/h10H,2-9H2,1H3,(H,14,15)(H,16,17)(H,18,19);;/t10-;;/m0../s1. The van der Waals surface area contributed by atoms with Gasteiger partial charge < -0.3 is 15.5 Å². The maximum Gasteiger partial charge on any atom is 0.326 e. The number of rotatable bonds is 11. The number of carbonyl (C=O) groups is 3. The van der Waals surface area contributed by atoms with Gasteiger partial charge in [0.25, 0.3) is 0 Å². The predicted molar refractivity (Wildman–Crippen MR) is 81.3 cm³/mol. The largest absolute Gasteiger partial charge is 0.481 e. The number of carboxylic acid groups (broad SMARTS) is 2. The van der Waals surface area contributed by atoms with Gasteiger partial charge in [-0.05, 0) is 12.8 Å². The fourth-order valence-electron chi connectivity index (χ4n) is 1.68. The molecule has 0 heterocycles. The van der Waals surface area contributed by atoms with Gasteiger partial charge in [-0.15, -0.1) is 0 Å². The van der Waals surface area contributed by atoms with Crippen LogP contribution in [-0.4, -0.2) is 93.2 Å². The summed E-state index contributed by atoms with van der Waals surface area (Å²) in [5.41, 5.74) is 0. The van der Waals surface area contributed by atoms with E-state index >= 15 is 0 Å². The molecule has 1 amide bonds. The molecule has 0 rings (SSSR count). The minimum atomic E-state index is -1.19. The summed E-state index contributed by atoms with van der Waals surface area (Å²) in [6.07, 6.45) is 4.96. The Kier molecular flexibility index (Phi) is 21.0. The summed E-state index contributed by atoms with van der Waals surface area (Å²) in [5, 5.41) is 19.7. The summed E-state index contributed by atoms with van der Waals surface area (Å²) in [4.78, 5) is 32.7. The third kappa shape index (κ3) is 16.6. The fourth-order valence-corrected chi connectivity index (χ4v) is 1.68. The van der Waals surface area contributed by atoms with E-state index in [1.54, 1.807) is 0 Å². The van der Waals surface area contributed by atoms with Gasteiger partial charge in [0.15, 0.2) is 0 Å². The number of hydrogen-bond acceptors (Lipinski definition) is 3. The summed E-state index contributed by atoms with van der Waals surface area (Å²) in [6, 6.07) is -1.11. The molecule has 21 heavy (non-hydrogen) atoms. The first-order valence-corrected chi connectivity index (χ1v) is 6.71. The molecule has 2 radical (unpaired) electrons. The first-order chi connectivity index (χ1) is 8.97. The van der Waals surface area contributed by atoms with Gasteiger partial charge in [-0.1, -0.05) is 32.6 Å². The molecule has 0 spiro atoms. The molecule has 8 heteroatoms. The van der Waals surface area contributed by atoms with Crippen LogP contribution in [0.4, 0.5) is 0 Å². The van der Waals surface area contributed by atoms with Crippen molar-refractivity contribution in [2.45, 2.75) is 64.3 Å². The van der Waals surface area contributed by atoms with Crippen LogP contribution in [0.3, 0.4) is 0 Å². The normalized spacial score (nSPS) is 10.7. The maximum absolute atomic E-state index is 11.5. The van der Waals surface area contributed by atoms with Gasteiger partial charge in [-0.25, -0.2) is 4.79 Å². The molecule has 3 N–H and O–H groups in total. The van der Waals surface area contributed by atoms with Crippen molar-refractivity contribution in [3.8, 4) is 0 Å². The Balaban J connectivity index is -0.00000162. The molecule has 0 aliphatic carbocycles. The third-order valence-electron chi connectivity index (χ3n) is 2.79. The third-order valence-corrected chi connectivity index (χ3v) is 2.79. The SMILES string of the molecule is CCCCCCCC(=O)N[C@@H](CCC(=O)O)C(=O)O.[Na].[Na]. The Morgan fingerprint density at radius 3 is 2.00 bits per heavy atom. The molecule has 0 aromatic rings. The van der Waals surface area contributed by atoms with E-state index in [2.05, 4.69) is 12.2 Å². The van der Waals surface area contributed by atoms with Crippen LogP contribution in [0.2, 0.25) is 0 Å². The van der Waals surface area contributed by atoms with E-state index in [9.17, 15) is 14.4 Å². The van der Waals surface area contributed by atoms with Gasteiger partial charge in [0, 0.05) is 72.0 Å². The molecule has 0 unspecified atom stereocenters.